The van der Waals surface area contributed by atoms with Gasteiger partial charge in [0.2, 0.25) is 0 Å². The lowest BCUT2D eigenvalue weighted by Crippen LogP contribution is -2.11. The number of rotatable bonds is 2. The zero-order valence-corrected chi connectivity index (χ0v) is 9.55. The maximum Gasteiger partial charge on any atom is 0.255 e. The van der Waals surface area contributed by atoms with Crippen molar-refractivity contribution in [3.63, 3.8) is 0 Å². The van der Waals surface area contributed by atoms with Crippen molar-refractivity contribution in [1.29, 1.82) is 5.26 Å². The molecule has 0 aliphatic heterocycles. The molecule has 2 rings (SSSR count). The van der Waals surface area contributed by atoms with Crippen LogP contribution < -0.4 is 11.1 Å². The molecule has 88 valence electrons. The topological polar surface area (TPSA) is 78.9 Å². The van der Waals surface area contributed by atoms with Crippen LogP contribution in [-0.4, -0.2) is 5.91 Å². The van der Waals surface area contributed by atoms with Crippen molar-refractivity contribution < 1.29 is 4.79 Å². The number of nitrogens with zero attached hydrogens (tertiary/aromatic N) is 1. The summed E-state index contributed by atoms with van der Waals surface area (Å²) in [5.74, 6) is -0.230. The number of hydrogen-bond acceptors (Lipinski definition) is 3. The second-order valence-electron chi connectivity index (χ2n) is 3.77. The summed E-state index contributed by atoms with van der Waals surface area (Å²) >= 11 is 0. The third-order valence-electron chi connectivity index (χ3n) is 2.42. The molecule has 0 saturated carbocycles. The number of hydrogen-bond donors (Lipinski definition) is 2. The minimum absolute atomic E-state index is 0.230. The van der Waals surface area contributed by atoms with Gasteiger partial charge in [-0.1, -0.05) is 6.07 Å². The lowest BCUT2D eigenvalue weighted by atomic mass is 10.1. The zero-order chi connectivity index (χ0) is 13.0. The third-order valence-corrected chi connectivity index (χ3v) is 2.42. The van der Waals surface area contributed by atoms with Crippen LogP contribution in [0.3, 0.4) is 0 Å². The van der Waals surface area contributed by atoms with Gasteiger partial charge in [-0.25, -0.2) is 0 Å². The molecule has 1 amide bonds. The summed E-state index contributed by atoms with van der Waals surface area (Å²) in [7, 11) is 0. The van der Waals surface area contributed by atoms with E-state index in [1.54, 1.807) is 48.5 Å². The molecule has 18 heavy (non-hydrogen) atoms. The van der Waals surface area contributed by atoms with Gasteiger partial charge in [0.15, 0.2) is 0 Å². The van der Waals surface area contributed by atoms with Crippen LogP contribution in [0.4, 0.5) is 11.4 Å². The highest BCUT2D eigenvalue weighted by atomic mass is 16.1. The molecule has 2 aromatic rings. The molecule has 0 saturated heterocycles. The van der Waals surface area contributed by atoms with Crippen molar-refractivity contribution in [1.82, 2.24) is 0 Å². The van der Waals surface area contributed by atoms with Gasteiger partial charge in [0.05, 0.1) is 11.6 Å². The van der Waals surface area contributed by atoms with Gasteiger partial charge in [-0.2, -0.15) is 5.26 Å². The molecule has 0 aromatic heterocycles. The molecule has 0 spiro atoms. The Morgan fingerprint density at radius 1 is 1.17 bits per heavy atom. The quantitative estimate of drug-likeness (QED) is 0.787. The van der Waals surface area contributed by atoms with Crippen LogP contribution in [0, 0.1) is 11.3 Å². The van der Waals surface area contributed by atoms with E-state index in [1.807, 2.05) is 6.07 Å². The first-order chi connectivity index (χ1) is 8.69. The molecule has 0 radical (unpaired) electrons. The molecular weight excluding hydrogens is 226 g/mol. The maximum atomic E-state index is 11.9. The van der Waals surface area contributed by atoms with Crippen LogP contribution in [-0.2, 0) is 0 Å². The molecule has 0 bridgehead atoms. The lowest BCUT2D eigenvalue weighted by Gasteiger charge is -2.05. The van der Waals surface area contributed by atoms with Crippen molar-refractivity contribution in [3.05, 3.63) is 59.7 Å². The molecule has 3 N–H and O–H groups in total. The first-order valence-electron chi connectivity index (χ1n) is 5.36. The minimum Gasteiger partial charge on any atom is -0.399 e. The number of nitriles is 1. The summed E-state index contributed by atoms with van der Waals surface area (Å²) in [6.07, 6.45) is 0. The maximum absolute atomic E-state index is 11.9. The monoisotopic (exact) mass is 237 g/mol. The summed E-state index contributed by atoms with van der Waals surface area (Å²) in [6, 6.07) is 15.4. The van der Waals surface area contributed by atoms with E-state index >= 15 is 0 Å². The highest BCUT2D eigenvalue weighted by Gasteiger charge is 2.05. The van der Waals surface area contributed by atoms with Crippen molar-refractivity contribution in [2.75, 3.05) is 11.1 Å². The number of carbonyl (C=O) groups excluding carboxylic acids is 1. The molecular formula is C14H11N3O. The zero-order valence-electron chi connectivity index (χ0n) is 9.55. The lowest BCUT2D eigenvalue weighted by molar-refractivity contribution is 0.102. The Balaban J connectivity index is 2.14. The second kappa shape index (κ2) is 5.02. The number of nitrogens with two attached hydrogens (primary N) is 1. The number of carbonyl (C=O) groups is 1. The molecule has 0 unspecified atom stereocenters. The Bertz CT molecular complexity index is 612. The molecule has 0 atom stereocenters. The minimum atomic E-state index is -0.230. The molecule has 0 fully saturated rings. The van der Waals surface area contributed by atoms with Gasteiger partial charge in [-0.3, -0.25) is 4.79 Å². The summed E-state index contributed by atoms with van der Waals surface area (Å²) in [6.45, 7) is 0. The Morgan fingerprint density at radius 3 is 2.50 bits per heavy atom. The highest BCUT2D eigenvalue weighted by Crippen LogP contribution is 2.12. The number of nitrogens with one attached hydrogen (secondary N) is 1. The number of anilines is 2. The van der Waals surface area contributed by atoms with Gasteiger partial charge in [0.1, 0.15) is 0 Å². The molecule has 0 heterocycles. The van der Waals surface area contributed by atoms with E-state index in [2.05, 4.69) is 5.32 Å². The Kier molecular flexibility index (Phi) is 3.26. The first-order valence-corrected chi connectivity index (χ1v) is 5.36. The van der Waals surface area contributed by atoms with E-state index in [-0.39, 0.29) is 5.91 Å². The van der Waals surface area contributed by atoms with Gasteiger partial charge < -0.3 is 11.1 Å². The molecule has 4 nitrogen and oxygen atoms in total. The summed E-state index contributed by atoms with van der Waals surface area (Å²) < 4.78 is 0. The molecule has 2 aromatic carbocycles. The van der Waals surface area contributed by atoms with E-state index in [0.29, 0.717) is 22.5 Å². The first kappa shape index (κ1) is 11.7. The van der Waals surface area contributed by atoms with Gasteiger partial charge >= 0.3 is 0 Å². The summed E-state index contributed by atoms with van der Waals surface area (Å²) in [5.41, 5.74) is 7.85. The van der Waals surface area contributed by atoms with E-state index in [9.17, 15) is 4.79 Å². The van der Waals surface area contributed by atoms with Crippen LogP contribution in [0.25, 0.3) is 0 Å². The number of benzene rings is 2. The molecule has 4 heteroatoms. The van der Waals surface area contributed by atoms with Crippen molar-refractivity contribution >= 4 is 17.3 Å². The SMILES string of the molecule is N#Cc1ccc(NC(=O)c2cccc(N)c2)cc1. The van der Waals surface area contributed by atoms with Crippen LogP contribution in [0.15, 0.2) is 48.5 Å². The fourth-order valence-electron chi connectivity index (χ4n) is 1.51. The van der Waals surface area contributed by atoms with E-state index in [4.69, 9.17) is 11.0 Å². The fraction of sp³-hybridized carbons (Fsp3) is 0. The smallest absolute Gasteiger partial charge is 0.255 e. The summed E-state index contributed by atoms with van der Waals surface area (Å²) in [4.78, 5) is 11.9. The predicted octanol–water partition coefficient (Wildman–Crippen LogP) is 2.39. The largest absolute Gasteiger partial charge is 0.399 e. The fourth-order valence-corrected chi connectivity index (χ4v) is 1.51. The normalized spacial score (nSPS) is 9.50. The van der Waals surface area contributed by atoms with Crippen molar-refractivity contribution in [3.8, 4) is 6.07 Å². The van der Waals surface area contributed by atoms with Crippen LogP contribution in [0.1, 0.15) is 15.9 Å². The van der Waals surface area contributed by atoms with E-state index in [1.165, 1.54) is 0 Å². The average Bonchev–Trinajstić information content (AvgIpc) is 2.39. The van der Waals surface area contributed by atoms with Crippen LogP contribution >= 0.6 is 0 Å². The predicted molar refractivity (Wildman–Crippen MR) is 70.0 cm³/mol. The molecule has 0 aliphatic carbocycles. The van der Waals surface area contributed by atoms with Crippen molar-refractivity contribution in [2.45, 2.75) is 0 Å². The van der Waals surface area contributed by atoms with E-state index < -0.39 is 0 Å². The standard InChI is InChI=1S/C14H11N3O/c15-9-10-4-6-13(7-5-10)17-14(18)11-2-1-3-12(16)8-11/h1-8H,16H2,(H,17,18). The Hall–Kier alpha value is -2.80. The molecule has 0 aliphatic rings. The van der Waals surface area contributed by atoms with Crippen LogP contribution in [0.5, 0.6) is 0 Å². The number of amides is 1. The van der Waals surface area contributed by atoms with Crippen molar-refractivity contribution in [2.24, 2.45) is 0 Å². The number of nitrogen functional groups attached to an aromatic ring is 1. The second-order valence-corrected chi connectivity index (χ2v) is 3.77. The average molecular weight is 237 g/mol. The van der Waals surface area contributed by atoms with Gasteiger partial charge in [-0.05, 0) is 42.5 Å². The highest BCUT2D eigenvalue weighted by molar-refractivity contribution is 6.04. The van der Waals surface area contributed by atoms with Gasteiger partial charge in [0, 0.05) is 16.9 Å². The van der Waals surface area contributed by atoms with E-state index in [0.717, 1.165) is 0 Å². The van der Waals surface area contributed by atoms with Gasteiger partial charge in [-0.15, -0.1) is 0 Å². The van der Waals surface area contributed by atoms with Gasteiger partial charge in [0.25, 0.3) is 5.91 Å². The Morgan fingerprint density at radius 2 is 1.89 bits per heavy atom. The summed E-state index contributed by atoms with van der Waals surface area (Å²) in [5, 5.41) is 11.4. The third kappa shape index (κ3) is 2.66. The van der Waals surface area contributed by atoms with Crippen LogP contribution in [0.2, 0.25) is 0 Å². The Labute approximate surface area is 105 Å².